The third kappa shape index (κ3) is 2.34. The highest BCUT2D eigenvalue weighted by Gasteiger charge is 2.12. The highest BCUT2D eigenvalue weighted by atomic mass is 16.6. The van der Waals surface area contributed by atoms with E-state index in [9.17, 15) is 10.1 Å². The monoisotopic (exact) mass is 165 g/mol. The van der Waals surface area contributed by atoms with Crippen LogP contribution in [0, 0.1) is 10.1 Å². The summed E-state index contributed by atoms with van der Waals surface area (Å²) in [5, 5.41) is 10.3. The maximum Gasteiger partial charge on any atom is 0.214 e. The van der Waals surface area contributed by atoms with Crippen molar-refractivity contribution in [1.82, 2.24) is 0 Å². The fraction of sp³-hybridized carbons (Fsp3) is 0.333. The van der Waals surface area contributed by atoms with Crippen molar-refractivity contribution < 1.29 is 4.92 Å². The molecule has 0 unspecified atom stereocenters. The van der Waals surface area contributed by atoms with Crippen LogP contribution in [0.2, 0.25) is 0 Å². The van der Waals surface area contributed by atoms with Gasteiger partial charge in [-0.2, -0.15) is 0 Å². The van der Waals surface area contributed by atoms with Gasteiger partial charge < -0.3 is 0 Å². The molecule has 1 atom stereocenters. The summed E-state index contributed by atoms with van der Waals surface area (Å²) in [6.45, 7) is 1.62. The summed E-state index contributed by atoms with van der Waals surface area (Å²) in [4.78, 5) is 10.1. The quantitative estimate of drug-likeness (QED) is 0.507. The number of nitrogens with zero attached hydrogens (tertiary/aromatic N) is 1. The molecular formula is C9H11NO2. The van der Waals surface area contributed by atoms with Crippen LogP contribution in [-0.2, 0) is 6.42 Å². The average Bonchev–Trinajstić information content (AvgIpc) is 2.06. The van der Waals surface area contributed by atoms with Crippen LogP contribution >= 0.6 is 0 Å². The van der Waals surface area contributed by atoms with E-state index in [1.54, 1.807) is 6.92 Å². The van der Waals surface area contributed by atoms with Gasteiger partial charge in [0, 0.05) is 18.3 Å². The number of nitro groups is 1. The van der Waals surface area contributed by atoms with Gasteiger partial charge in [-0.25, -0.2) is 0 Å². The molecule has 0 saturated heterocycles. The first-order chi connectivity index (χ1) is 5.70. The van der Waals surface area contributed by atoms with Gasteiger partial charge in [-0.1, -0.05) is 30.3 Å². The van der Waals surface area contributed by atoms with E-state index in [-0.39, 0.29) is 4.92 Å². The SMILES string of the molecule is C[C@H](Cc1ccccc1)[N+](=O)[O-]. The molecule has 0 saturated carbocycles. The predicted molar refractivity (Wildman–Crippen MR) is 46.6 cm³/mol. The third-order valence-electron chi connectivity index (χ3n) is 1.73. The van der Waals surface area contributed by atoms with E-state index >= 15 is 0 Å². The highest BCUT2D eigenvalue weighted by Crippen LogP contribution is 2.04. The molecule has 1 aromatic carbocycles. The van der Waals surface area contributed by atoms with Crippen molar-refractivity contribution in [3.8, 4) is 0 Å². The van der Waals surface area contributed by atoms with E-state index in [1.807, 2.05) is 30.3 Å². The van der Waals surface area contributed by atoms with Crippen molar-refractivity contribution in [2.45, 2.75) is 19.4 Å². The van der Waals surface area contributed by atoms with Crippen LogP contribution < -0.4 is 0 Å². The fourth-order valence-corrected chi connectivity index (χ4v) is 1.03. The largest absolute Gasteiger partial charge is 0.264 e. The van der Waals surface area contributed by atoms with Gasteiger partial charge in [0.1, 0.15) is 0 Å². The first-order valence-corrected chi connectivity index (χ1v) is 3.87. The summed E-state index contributed by atoms with van der Waals surface area (Å²) in [5.41, 5.74) is 1.02. The molecule has 12 heavy (non-hydrogen) atoms. The zero-order valence-electron chi connectivity index (χ0n) is 6.93. The molecule has 3 nitrogen and oxygen atoms in total. The van der Waals surface area contributed by atoms with Crippen LogP contribution in [0.1, 0.15) is 12.5 Å². The maximum absolute atomic E-state index is 10.3. The second-order valence-corrected chi connectivity index (χ2v) is 2.82. The standard InChI is InChI=1S/C9H11NO2/c1-8(10(11)12)7-9-5-3-2-4-6-9/h2-6,8H,7H2,1H3/t8-/m1/s1. The van der Waals surface area contributed by atoms with E-state index in [0.29, 0.717) is 6.42 Å². The van der Waals surface area contributed by atoms with E-state index in [2.05, 4.69) is 0 Å². The lowest BCUT2D eigenvalue weighted by Crippen LogP contribution is -2.17. The summed E-state index contributed by atoms with van der Waals surface area (Å²) in [5.74, 6) is 0. The summed E-state index contributed by atoms with van der Waals surface area (Å²) in [6, 6.07) is 9.00. The number of hydrogen-bond acceptors (Lipinski definition) is 2. The van der Waals surface area contributed by atoms with Crippen LogP contribution in [0.15, 0.2) is 30.3 Å². The van der Waals surface area contributed by atoms with Gasteiger partial charge in [0.2, 0.25) is 6.04 Å². The molecule has 0 aromatic heterocycles. The van der Waals surface area contributed by atoms with Gasteiger partial charge in [0.15, 0.2) is 0 Å². The van der Waals surface area contributed by atoms with Gasteiger partial charge in [-0.3, -0.25) is 10.1 Å². The molecular weight excluding hydrogens is 154 g/mol. The van der Waals surface area contributed by atoms with Crippen molar-refractivity contribution in [3.63, 3.8) is 0 Å². The van der Waals surface area contributed by atoms with Crippen LogP contribution in [0.3, 0.4) is 0 Å². The van der Waals surface area contributed by atoms with Crippen LogP contribution in [0.25, 0.3) is 0 Å². The Bertz CT molecular complexity index is 258. The molecule has 0 aliphatic heterocycles. The Balaban J connectivity index is 2.58. The van der Waals surface area contributed by atoms with Crippen molar-refractivity contribution in [1.29, 1.82) is 0 Å². The predicted octanol–water partition coefficient (Wildman–Crippen LogP) is 1.89. The van der Waals surface area contributed by atoms with Gasteiger partial charge in [-0.05, 0) is 5.56 Å². The van der Waals surface area contributed by atoms with Gasteiger partial charge in [-0.15, -0.1) is 0 Å². The topological polar surface area (TPSA) is 43.1 Å². The Morgan fingerprint density at radius 3 is 2.50 bits per heavy atom. The average molecular weight is 165 g/mol. The Labute approximate surface area is 71.2 Å². The van der Waals surface area contributed by atoms with E-state index in [4.69, 9.17) is 0 Å². The lowest BCUT2D eigenvalue weighted by atomic mass is 10.1. The first-order valence-electron chi connectivity index (χ1n) is 3.87. The summed E-state index contributed by atoms with van der Waals surface area (Å²) in [7, 11) is 0. The highest BCUT2D eigenvalue weighted by molar-refractivity contribution is 5.15. The molecule has 0 fully saturated rings. The van der Waals surface area contributed by atoms with E-state index < -0.39 is 6.04 Å². The van der Waals surface area contributed by atoms with Crippen molar-refractivity contribution in [3.05, 3.63) is 46.0 Å². The summed E-state index contributed by atoms with van der Waals surface area (Å²) >= 11 is 0. The summed E-state index contributed by atoms with van der Waals surface area (Å²) in [6.07, 6.45) is 0.508. The zero-order chi connectivity index (χ0) is 8.97. The maximum atomic E-state index is 10.3. The second-order valence-electron chi connectivity index (χ2n) is 2.82. The molecule has 1 aromatic rings. The molecule has 0 aliphatic carbocycles. The lowest BCUT2D eigenvalue weighted by molar-refractivity contribution is -0.517. The molecule has 64 valence electrons. The summed E-state index contributed by atoms with van der Waals surface area (Å²) < 4.78 is 0. The van der Waals surface area contributed by atoms with E-state index in [0.717, 1.165) is 5.56 Å². The fourth-order valence-electron chi connectivity index (χ4n) is 1.03. The Kier molecular flexibility index (Phi) is 2.80. The minimum atomic E-state index is -0.493. The van der Waals surface area contributed by atoms with Crippen molar-refractivity contribution in [2.75, 3.05) is 0 Å². The smallest absolute Gasteiger partial charge is 0.214 e. The minimum Gasteiger partial charge on any atom is -0.264 e. The molecule has 0 amide bonds. The lowest BCUT2D eigenvalue weighted by Gasteiger charge is -2.02. The first kappa shape index (κ1) is 8.71. The van der Waals surface area contributed by atoms with Crippen LogP contribution in [0.4, 0.5) is 0 Å². The third-order valence-corrected chi connectivity index (χ3v) is 1.73. The van der Waals surface area contributed by atoms with Crippen LogP contribution in [-0.4, -0.2) is 11.0 Å². The molecule has 0 aliphatic rings. The Morgan fingerprint density at radius 1 is 1.42 bits per heavy atom. The molecule has 0 N–H and O–H groups in total. The molecule has 3 heteroatoms. The molecule has 0 heterocycles. The van der Waals surface area contributed by atoms with Crippen LogP contribution in [0.5, 0.6) is 0 Å². The molecule has 0 bridgehead atoms. The van der Waals surface area contributed by atoms with Crippen molar-refractivity contribution >= 4 is 0 Å². The Morgan fingerprint density at radius 2 is 2.00 bits per heavy atom. The molecule has 0 spiro atoms. The molecule has 1 rings (SSSR count). The molecule has 0 radical (unpaired) electrons. The van der Waals surface area contributed by atoms with Gasteiger partial charge >= 0.3 is 0 Å². The second kappa shape index (κ2) is 3.85. The number of benzene rings is 1. The Hall–Kier alpha value is -1.38. The van der Waals surface area contributed by atoms with Crippen molar-refractivity contribution in [2.24, 2.45) is 0 Å². The normalized spacial score (nSPS) is 12.4. The van der Waals surface area contributed by atoms with Gasteiger partial charge in [0.05, 0.1) is 0 Å². The van der Waals surface area contributed by atoms with Gasteiger partial charge in [0.25, 0.3) is 0 Å². The number of rotatable bonds is 3. The van der Waals surface area contributed by atoms with E-state index in [1.165, 1.54) is 0 Å². The zero-order valence-corrected chi connectivity index (χ0v) is 6.93. The number of hydrogen-bond donors (Lipinski definition) is 0. The minimum absolute atomic E-state index is 0.257.